The average molecular weight is 405 g/mol. The molecule has 2 amide bonds. The minimum absolute atomic E-state index is 0.165. The average Bonchev–Trinajstić information content (AvgIpc) is 2.92. The van der Waals surface area contributed by atoms with Crippen molar-refractivity contribution >= 4 is 45.4 Å². The molecular weight excluding hydrogens is 380 g/mol. The Kier molecular flexibility index (Phi) is 5.63. The van der Waals surface area contributed by atoms with Crippen LogP contribution >= 0.6 is 22.9 Å². The summed E-state index contributed by atoms with van der Waals surface area (Å²) >= 11 is 7.45. The zero-order valence-corrected chi connectivity index (χ0v) is 17.7. The van der Waals surface area contributed by atoms with Crippen LogP contribution in [0, 0.1) is 11.3 Å². The fraction of sp³-hybridized carbons (Fsp3) is 0.429. The van der Waals surface area contributed by atoms with Crippen molar-refractivity contribution in [3.63, 3.8) is 0 Å². The van der Waals surface area contributed by atoms with Gasteiger partial charge in [-0.2, -0.15) is 0 Å². The Morgan fingerprint density at radius 3 is 2.41 bits per heavy atom. The van der Waals surface area contributed by atoms with Crippen LogP contribution in [0.2, 0.25) is 5.02 Å². The number of carbonyl (C=O) groups is 2. The van der Waals surface area contributed by atoms with Crippen LogP contribution in [0.3, 0.4) is 0 Å². The Hall–Kier alpha value is -1.85. The van der Waals surface area contributed by atoms with Crippen molar-refractivity contribution in [1.29, 1.82) is 0 Å². The standard InChI is InChI=1S/C21H25ClN2O2S/c1-12(25)23-20-18(19(26)24-15-8-6-14(22)7-9-15)16-10-5-13(21(2,3)4)11-17(16)27-20/h6-9,13H,5,10-11H2,1-4H3,(H,23,25)(H,24,26). The molecule has 0 radical (unpaired) electrons. The number of halogens is 1. The van der Waals surface area contributed by atoms with Crippen molar-refractivity contribution in [1.82, 2.24) is 0 Å². The molecule has 1 aromatic heterocycles. The third-order valence-electron chi connectivity index (χ3n) is 5.11. The molecule has 0 saturated carbocycles. The molecule has 1 aromatic carbocycles. The van der Waals surface area contributed by atoms with Gasteiger partial charge in [0, 0.05) is 22.5 Å². The van der Waals surface area contributed by atoms with Crippen LogP contribution in [-0.2, 0) is 17.6 Å². The van der Waals surface area contributed by atoms with Crippen LogP contribution in [0.4, 0.5) is 10.7 Å². The van der Waals surface area contributed by atoms with Gasteiger partial charge in [0.2, 0.25) is 5.91 Å². The van der Waals surface area contributed by atoms with Gasteiger partial charge in [-0.05, 0) is 60.4 Å². The number of amides is 2. The van der Waals surface area contributed by atoms with Crippen molar-refractivity contribution < 1.29 is 9.59 Å². The Morgan fingerprint density at radius 2 is 1.81 bits per heavy atom. The van der Waals surface area contributed by atoms with Crippen LogP contribution in [0.5, 0.6) is 0 Å². The summed E-state index contributed by atoms with van der Waals surface area (Å²) in [4.78, 5) is 25.9. The highest BCUT2D eigenvalue weighted by Crippen LogP contribution is 2.44. The van der Waals surface area contributed by atoms with E-state index in [0.29, 0.717) is 27.2 Å². The summed E-state index contributed by atoms with van der Waals surface area (Å²) in [7, 11) is 0. The Labute approximate surface area is 169 Å². The van der Waals surface area contributed by atoms with E-state index < -0.39 is 0 Å². The molecule has 0 saturated heterocycles. The molecule has 0 fully saturated rings. The molecule has 2 N–H and O–H groups in total. The molecule has 4 nitrogen and oxygen atoms in total. The van der Waals surface area contributed by atoms with Crippen molar-refractivity contribution in [2.24, 2.45) is 11.3 Å². The lowest BCUT2D eigenvalue weighted by molar-refractivity contribution is -0.114. The van der Waals surface area contributed by atoms with E-state index in [-0.39, 0.29) is 17.2 Å². The number of nitrogens with one attached hydrogen (secondary N) is 2. The Morgan fingerprint density at radius 1 is 1.15 bits per heavy atom. The minimum Gasteiger partial charge on any atom is -0.322 e. The van der Waals surface area contributed by atoms with Gasteiger partial charge < -0.3 is 10.6 Å². The lowest BCUT2D eigenvalue weighted by Crippen LogP contribution is -2.27. The second kappa shape index (κ2) is 7.64. The van der Waals surface area contributed by atoms with Crippen molar-refractivity contribution in [3.05, 3.63) is 45.3 Å². The molecule has 1 heterocycles. The summed E-state index contributed by atoms with van der Waals surface area (Å²) in [6.07, 6.45) is 2.86. The van der Waals surface area contributed by atoms with E-state index in [0.717, 1.165) is 24.8 Å². The highest BCUT2D eigenvalue weighted by atomic mass is 35.5. The van der Waals surface area contributed by atoms with E-state index in [4.69, 9.17) is 11.6 Å². The largest absolute Gasteiger partial charge is 0.322 e. The van der Waals surface area contributed by atoms with Gasteiger partial charge in [-0.25, -0.2) is 0 Å². The van der Waals surface area contributed by atoms with Crippen molar-refractivity contribution in [2.45, 2.75) is 47.0 Å². The van der Waals surface area contributed by atoms with Gasteiger partial charge >= 0.3 is 0 Å². The number of benzene rings is 1. The lowest BCUT2D eigenvalue weighted by Gasteiger charge is -2.33. The first-order chi connectivity index (χ1) is 12.6. The van der Waals surface area contributed by atoms with Gasteiger partial charge in [0.25, 0.3) is 5.91 Å². The zero-order valence-electron chi connectivity index (χ0n) is 16.1. The van der Waals surface area contributed by atoms with Gasteiger partial charge in [0.05, 0.1) is 5.56 Å². The lowest BCUT2D eigenvalue weighted by atomic mass is 9.72. The molecule has 1 aliphatic carbocycles. The molecule has 3 rings (SSSR count). The first-order valence-corrected chi connectivity index (χ1v) is 10.3. The quantitative estimate of drug-likeness (QED) is 0.682. The van der Waals surface area contributed by atoms with Crippen molar-refractivity contribution in [2.75, 3.05) is 10.6 Å². The normalized spacial score (nSPS) is 16.6. The number of rotatable bonds is 3. The highest BCUT2D eigenvalue weighted by molar-refractivity contribution is 7.17. The van der Waals surface area contributed by atoms with Gasteiger partial charge in [0.1, 0.15) is 5.00 Å². The van der Waals surface area contributed by atoms with E-state index >= 15 is 0 Å². The maximum atomic E-state index is 13.0. The van der Waals surface area contributed by atoms with E-state index in [9.17, 15) is 9.59 Å². The molecule has 1 atom stereocenters. The summed E-state index contributed by atoms with van der Waals surface area (Å²) in [5, 5.41) is 7.06. The third kappa shape index (κ3) is 4.53. The van der Waals surface area contributed by atoms with Gasteiger partial charge in [-0.3, -0.25) is 9.59 Å². The first kappa shape index (κ1) is 19.9. The van der Waals surface area contributed by atoms with Crippen LogP contribution in [0.25, 0.3) is 0 Å². The number of thiophene rings is 1. The van der Waals surface area contributed by atoms with Crippen LogP contribution in [0.1, 0.15) is 54.9 Å². The molecule has 6 heteroatoms. The SMILES string of the molecule is CC(=O)Nc1sc2c(c1C(=O)Nc1ccc(Cl)cc1)CCC(C(C)(C)C)C2. The van der Waals surface area contributed by atoms with Crippen LogP contribution in [-0.4, -0.2) is 11.8 Å². The summed E-state index contributed by atoms with van der Waals surface area (Å²) < 4.78 is 0. The maximum Gasteiger partial charge on any atom is 0.258 e. The van der Waals surface area contributed by atoms with Crippen LogP contribution in [0.15, 0.2) is 24.3 Å². The second-order valence-corrected chi connectivity index (χ2v) is 9.70. The summed E-state index contributed by atoms with van der Waals surface area (Å²) in [5.74, 6) is 0.218. The molecule has 1 aliphatic rings. The molecule has 2 aromatic rings. The molecule has 27 heavy (non-hydrogen) atoms. The number of carbonyl (C=O) groups excluding carboxylic acids is 2. The summed E-state index contributed by atoms with van der Waals surface area (Å²) in [6.45, 7) is 8.26. The molecule has 0 aliphatic heterocycles. The predicted molar refractivity (Wildman–Crippen MR) is 113 cm³/mol. The van der Waals surface area contributed by atoms with Gasteiger partial charge in [-0.1, -0.05) is 32.4 Å². The van der Waals surface area contributed by atoms with Gasteiger partial charge in [0.15, 0.2) is 0 Å². The summed E-state index contributed by atoms with van der Waals surface area (Å²) in [5.41, 5.74) is 2.59. The van der Waals surface area contributed by atoms with Crippen molar-refractivity contribution in [3.8, 4) is 0 Å². The zero-order chi connectivity index (χ0) is 19.8. The Bertz CT molecular complexity index is 866. The minimum atomic E-state index is -0.187. The monoisotopic (exact) mass is 404 g/mol. The van der Waals surface area contributed by atoms with E-state index in [1.807, 2.05) is 0 Å². The highest BCUT2D eigenvalue weighted by Gasteiger charge is 2.33. The smallest absolute Gasteiger partial charge is 0.258 e. The maximum absolute atomic E-state index is 13.0. The second-order valence-electron chi connectivity index (χ2n) is 8.16. The number of fused-ring (bicyclic) bond motifs is 1. The fourth-order valence-electron chi connectivity index (χ4n) is 3.54. The number of hydrogen-bond donors (Lipinski definition) is 2. The van der Waals surface area contributed by atoms with Crippen LogP contribution < -0.4 is 10.6 Å². The third-order valence-corrected chi connectivity index (χ3v) is 6.53. The van der Waals surface area contributed by atoms with E-state index in [1.54, 1.807) is 24.3 Å². The molecule has 1 unspecified atom stereocenters. The number of anilines is 2. The predicted octanol–water partition coefficient (Wildman–Crippen LogP) is 5.76. The fourth-order valence-corrected chi connectivity index (χ4v) is 5.04. The molecule has 0 spiro atoms. The number of hydrogen-bond acceptors (Lipinski definition) is 3. The Balaban J connectivity index is 1.93. The summed E-state index contributed by atoms with van der Waals surface area (Å²) in [6, 6.07) is 7.02. The molecule has 0 bridgehead atoms. The molecule has 144 valence electrons. The molecular formula is C21H25ClN2O2S. The van der Waals surface area contributed by atoms with Gasteiger partial charge in [-0.15, -0.1) is 11.3 Å². The topological polar surface area (TPSA) is 58.2 Å². The van der Waals surface area contributed by atoms with E-state index in [2.05, 4.69) is 31.4 Å². The van der Waals surface area contributed by atoms with E-state index in [1.165, 1.54) is 23.1 Å². The first-order valence-electron chi connectivity index (χ1n) is 9.14.